The Kier molecular flexibility index (Phi) is 6.50. The minimum absolute atomic E-state index is 0.327. The van der Waals surface area contributed by atoms with Crippen LogP contribution in [0.1, 0.15) is 37.3 Å². The summed E-state index contributed by atoms with van der Waals surface area (Å²) in [4.78, 5) is 14.1. The van der Waals surface area contributed by atoms with E-state index in [9.17, 15) is 0 Å². The van der Waals surface area contributed by atoms with E-state index in [1.54, 1.807) is 0 Å². The van der Waals surface area contributed by atoms with Crippen molar-refractivity contribution >= 4 is 0 Å². The van der Waals surface area contributed by atoms with Gasteiger partial charge in [0.25, 0.3) is 0 Å². The average molecular weight is 339 g/mol. The molecule has 0 aromatic carbocycles. The normalized spacial score (nSPS) is 20.2. The van der Waals surface area contributed by atoms with Crippen molar-refractivity contribution in [1.29, 1.82) is 0 Å². The second kappa shape index (κ2) is 9.04. The van der Waals surface area contributed by atoms with Gasteiger partial charge in [-0.05, 0) is 38.1 Å². The van der Waals surface area contributed by atoms with Crippen molar-refractivity contribution in [2.24, 2.45) is 0 Å². The van der Waals surface area contributed by atoms with E-state index >= 15 is 0 Å². The smallest absolute Gasteiger partial charge is 0.0572 e. The molecule has 1 N–H and O–H groups in total. The van der Waals surface area contributed by atoms with Gasteiger partial charge in [-0.25, -0.2) is 0 Å². The lowest BCUT2D eigenvalue weighted by atomic mass is 10.1. The van der Waals surface area contributed by atoms with E-state index in [1.165, 1.54) is 0 Å². The van der Waals surface area contributed by atoms with Crippen molar-refractivity contribution in [3.8, 4) is 0 Å². The summed E-state index contributed by atoms with van der Waals surface area (Å²) in [7, 11) is 0. The Labute approximate surface area is 151 Å². The maximum absolute atomic E-state index is 4.55. The van der Waals surface area contributed by atoms with Gasteiger partial charge in [-0.3, -0.25) is 19.8 Å². The Bertz CT molecular complexity index is 563. The minimum atomic E-state index is 0.327. The zero-order valence-corrected chi connectivity index (χ0v) is 15.3. The monoisotopic (exact) mass is 339 g/mol. The first kappa shape index (κ1) is 18.0. The van der Waals surface area contributed by atoms with Crippen LogP contribution in [0.15, 0.2) is 48.8 Å². The summed E-state index contributed by atoms with van der Waals surface area (Å²) >= 11 is 0. The maximum Gasteiger partial charge on any atom is 0.0572 e. The molecule has 2 atom stereocenters. The fourth-order valence-electron chi connectivity index (χ4n) is 3.45. The lowest BCUT2D eigenvalue weighted by Crippen LogP contribution is -2.38. The molecule has 2 aromatic rings. The van der Waals surface area contributed by atoms with Gasteiger partial charge in [0, 0.05) is 63.7 Å². The van der Waals surface area contributed by atoms with Gasteiger partial charge in [0.05, 0.1) is 11.4 Å². The number of aromatic nitrogens is 2. The van der Waals surface area contributed by atoms with Gasteiger partial charge in [0.2, 0.25) is 0 Å². The molecule has 0 spiro atoms. The number of hydrogen-bond donors (Lipinski definition) is 1. The Balaban J connectivity index is 1.68. The molecule has 3 rings (SSSR count). The molecule has 3 heterocycles. The zero-order chi connectivity index (χ0) is 17.5. The van der Waals surface area contributed by atoms with E-state index in [1.807, 2.05) is 24.5 Å². The summed E-state index contributed by atoms with van der Waals surface area (Å²) in [6.07, 6.45) is 3.77. The van der Waals surface area contributed by atoms with Crippen molar-refractivity contribution in [2.45, 2.75) is 25.9 Å². The first-order valence-corrected chi connectivity index (χ1v) is 9.26. The molecule has 0 aliphatic carbocycles. The van der Waals surface area contributed by atoms with E-state index in [4.69, 9.17) is 0 Å². The van der Waals surface area contributed by atoms with Gasteiger partial charge in [-0.15, -0.1) is 0 Å². The van der Waals surface area contributed by atoms with Gasteiger partial charge in [-0.1, -0.05) is 12.1 Å². The van der Waals surface area contributed by atoms with Crippen LogP contribution < -0.4 is 5.32 Å². The summed E-state index contributed by atoms with van der Waals surface area (Å²) in [5.41, 5.74) is 2.29. The molecular formula is C20H29N5. The Hall–Kier alpha value is -1.82. The number of hydrogen-bond acceptors (Lipinski definition) is 5. The molecule has 1 saturated heterocycles. The molecule has 2 aromatic heterocycles. The molecule has 0 bridgehead atoms. The number of pyridine rings is 2. The van der Waals surface area contributed by atoms with E-state index < -0.39 is 0 Å². The first-order valence-electron chi connectivity index (χ1n) is 9.26. The molecule has 0 saturated carbocycles. The molecule has 25 heavy (non-hydrogen) atoms. The highest BCUT2D eigenvalue weighted by molar-refractivity contribution is 5.09. The molecule has 1 aliphatic rings. The van der Waals surface area contributed by atoms with Crippen LogP contribution in [0.3, 0.4) is 0 Å². The third-order valence-corrected chi connectivity index (χ3v) is 5.15. The SMILES string of the molecule is CC(c1ccccn1)N1CCNCCN(C(C)c2ccccn2)CC1. The molecule has 1 aliphatic heterocycles. The molecule has 2 unspecified atom stereocenters. The molecular weight excluding hydrogens is 310 g/mol. The Morgan fingerprint density at radius 1 is 0.760 bits per heavy atom. The first-order chi connectivity index (χ1) is 12.3. The molecule has 5 nitrogen and oxygen atoms in total. The fourth-order valence-corrected chi connectivity index (χ4v) is 3.45. The number of nitrogens with zero attached hydrogens (tertiary/aromatic N) is 4. The van der Waals surface area contributed by atoms with Gasteiger partial charge >= 0.3 is 0 Å². The van der Waals surface area contributed by atoms with Crippen molar-refractivity contribution in [3.05, 3.63) is 60.2 Å². The van der Waals surface area contributed by atoms with Gasteiger partial charge in [-0.2, -0.15) is 0 Å². The number of nitrogens with one attached hydrogen (secondary N) is 1. The standard InChI is InChI=1S/C20H29N5/c1-17(19-7-3-5-9-22-19)24-13-11-21-12-14-25(16-15-24)18(2)20-8-4-6-10-23-20/h3-10,17-18,21H,11-16H2,1-2H3. The van der Waals surface area contributed by atoms with E-state index in [-0.39, 0.29) is 0 Å². The lowest BCUT2D eigenvalue weighted by molar-refractivity contribution is 0.154. The molecule has 134 valence electrons. The van der Waals surface area contributed by atoms with Crippen LogP contribution in [0.4, 0.5) is 0 Å². The second-order valence-electron chi connectivity index (χ2n) is 6.68. The summed E-state index contributed by atoms with van der Waals surface area (Å²) in [6, 6.07) is 13.0. The van der Waals surface area contributed by atoms with Crippen molar-refractivity contribution in [3.63, 3.8) is 0 Å². The Morgan fingerprint density at radius 2 is 1.24 bits per heavy atom. The molecule has 0 radical (unpaired) electrons. The predicted octanol–water partition coefficient (Wildman–Crippen LogP) is 2.51. The lowest BCUT2D eigenvalue weighted by Gasteiger charge is -2.32. The highest BCUT2D eigenvalue weighted by Gasteiger charge is 2.22. The van der Waals surface area contributed by atoms with Crippen LogP contribution in [0, 0.1) is 0 Å². The molecule has 1 fully saturated rings. The van der Waals surface area contributed by atoms with Crippen molar-refractivity contribution in [2.75, 3.05) is 39.3 Å². The van der Waals surface area contributed by atoms with Gasteiger partial charge in [0.15, 0.2) is 0 Å². The van der Waals surface area contributed by atoms with Crippen molar-refractivity contribution < 1.29 is 0 Å². The maximum atomic E-state index is 4.55. The quantitative estimate of drug-likeness (QED) is 0.927. The summed E-state index contributed by atoms with van der Waals surface area (Å²) < 4.78 is 0. The number of rotatable bonds is 4. The highest BCUT2D eigenvalue weighted by atomic mass is 15.2. The third-order valence-electron chi connectivity index (χ3n) is 5.15. The third kappa shape index (κ3) is 4.84. The summed E-state index contributed by atoms with van der Waals surface area (Å²) in [5, 5.41) is 3.58. The van der Waals surface area contributed by atoms with Crippen LogP contribution in [0.2, 0.25) is 0 Å². The van der Waals surface area contributed by atoms with Crippen LogP contribution in [0.25, 0.3) is 0 Å². The van der Waals surface area contributed by atoms with E-state index in [2.05, 4.69) is 63.2 Å². The zero-order valence-electron chi connectivity index (χ0n) is 15.3. The van der Waals surface area contributed by atoms with E-state index in [0.717, 1.165) is 50.7 Å². The second-order valence-corrected chi connectivity index (χ2v) is 6.68. The summed E-state index contributed by atoms with van der Waals surface area (Å²) in [5.74, 6) is 0. The predicted molar refractivity (Wildman–Crippen MR) is 101 cm³/mol. The van der Waals surface area contributed by atoms with E-state index in [0.29, 0.717) is 12.1 Å². The van der Waals surface area contributed by atoms with Crippen molar-refractivity contribution in [1.82, 2.24) is 25.1 Å². The average Bonchev–Trinajstić information content (AvgIpc) is 2.80. The van der Waals surface area contributed by atoms with Crippen LogP contribution in [0.5, 0.6) is 0 Å². The van der Waals surface area contributed by atoms with Crippen LogP contribution in [-0.4, -0.2) is 59.0 Å². The molecule has 5 heteroatoms. The topological polar surface area (TPSA) is 44.3 Å². The van der Waals surface area contributed by atoms with Crippen LogP contribution in [-0.2, 0) is 0 Å². The largest absolute Gasteiger partial charge is 0.314 e. The Morgan fingerprint density at radius 3 is 1.64 bits per heavy atom. The van der Waals surface area contributed by atoms with Gasteiger partial charge < -0.3 is 5.32 Å². The fraction of sp³-hybridized carbons (Fsp3) is 0.500. The van der Waals surface area contributed by atoms with Crippen LogP contribution >= 0.6 is 0 Å². The van der Waals surface area contributed by atoms with Gasteiger partial charge in [0.1, 0.15) is 0 Å². The highest BCUT2D eigenvalue weighted by Crippen LogP contribution is 2.21. The summed E-state index contributed by atoms with van der Waals surface area (Å²) in [6.45, 7) is 10.7. The minimum Gasteiger partial charge on any atom is -0.314 e. The molecule has 0 amide bonds.